The van der Waals surface area contributed by atoms with Gasteiger partial charge in [0.05, 0.1) is 0 Å². The Morgan fingerprint density at radius 3 is 2.30 bits per heavy atom. The third-order valence-corrected chi connectivity index (χ3v) is 3.45. The van der Waals surface area contributed by atoms with Gasteiger partial charge < -0.3 is 5.73 Å². The highest BCUT2D eigenvalue weighted by Gasteiger charge is 2.13. The molecular weight excluding hydrogens is 246 g/mol. The first-order valence-corrected chi connectivity index (χ1v) is 7.13. The zero-order valence-electron chi connectivity index (χ0n) is 11.9. The molecule has 0 spiro atoms. The van der Waals surface area contributed by atoms with E-state index in [4.69, 9.17) is 5.73 Å². The van der Waals surface area contributed by atoms with Gasteiger partial charge in [-0.15, -0.1) is 0 Å². The standard InChI is InChI=1S/C18H21NO/c1-2-6-14-9-11-16(12-10-14)18(20)13-17(19)15-7-4-3-5-8-15/h3-5,7-12,17H,2,6,13,19H2,1H3. The van der Waals surface area contributed by atoms with E-state index >= 15 is 0 Å². The molecule has 0 saturated carbocycles. The Hall–Kier alpha value is -1.93. The van der Waals surface area contributed by atoms with Gasteiger partial charge in [0, 0.05) is 18.0 Å². The van der Waals surface area contributed by atoms with Crippen molar-refractivity contribution in [2.24, 2.45) is 5.73 Å². The van der Waals surface area contributed by atoms with Crippen molar-refractivity contribution in [2.75, 3.05) is 0 Å². The van der Waals surface area contributed by atoms with E-state index in [0.29, 0.717) is 6.42 Å². The van der Waals surface area contributed by atoms with E-state index in [9.17, 15) is 4.79 Å². The summed E-state index contributed by atoms with van der Waals surface area (Å²) in [6, 6.07) is 17.4. The molecule has 0 radical (unpaired) electrons. The maximum absolute atomic E-state index is 12.2. The van der Waals surface area contributed by atoms with E-state index in [1.54, 1.807) is 0 Å². The molecule has 2 aromatic carbocycles. The fourth-order valence-corrected chi connectivity index (χ4v) is 2.28. The van der Waals surface area contributed by atoms with Crippen molar-refractivity contribution < 1.29 is 4.79 Å². The summed E-state index contributed by atoms with van der Waals surface area (Å²) in [5, 5.41) is 0. The third kappa shape index (κ3) is 3.78. The summed E-state index contributed by atoms with van der Waals surface area (Å²) in [6.07, 6.45) is 2.52. The van der Waals surface area contributed by atoms with Crippen LogP contribution in [0.5, 0.6) is 0 Å². The van der Waals surface area contributed by atoms with Crippen LogP contribution in [0.25, 0.3) is 0 Å². The molecule has 20 heavy (non-hydrogen) atoms. The molecule has 0 fully saturated rings. The fraction of sp³-hybridized carbons (Fsp3) is 0.278. The van der Waals surface area contributed by atoms with Crippen molar-refractivity contribution in [1.29, 1.82) is 0 Å². The molecule has 0 amide bonds. The first kappa shape index (κ1) is 14.5. The number of benzene rings is 2. The minimum absolute atomic E-state index is 0.101. The summed E-state index contributed by atoms with van der Waals surface area (Å²) >= 11 is 0. The molecule has 0 aliphatic heterocycles. The van der Waals surface area contributed by atoms with Crippen LogP contribution in [0, 0.1) is 0 Å². The number of Topliss-reactive ketones (excluding diaryl/α,β-unsaturated/α-hetero) is 1. The number of carbonyl (C=O) groups is 1. The molecule has 2 N–H and O–H groups in total. The fourth-order valence-electron chi connectivity index (χ4n) is 2.28. The van der Waals surface area contributed by atoms with Gasteiger partial charge in [-0.05, 0) is 17.5 Å². The number of nitrogens with two attached hydrogens (primary N) is 1. The van der Waals surface area contributed by atoms with E-state index in [2.05, 4.69) is 6.92 Å². The van der Waals surface area contributed by atoms with E-state index in [1.165, 1.54) is 5.56 Å². The lowest BCUT2D eigenvalue weighted by Gasteiger charge is -2.11. The van der Waals surface area contributed by atoms with Gasteiger partial charge in [0.25, 0.3) is 0 Å². The van der Waals surface area contributed by atoms with Crippen molar-refractivity contribution in [3.8, 4) is 0 Å². The summed E-state index contributed by atoms with van der Waals surface area (Å²) in [4.78, 5) is 12.2. The van der Waals surface area contributed by atoms with E-state index in [-0.39, 0.29) is 11.8 Å². The van der Waals surface area contributed by atoms with Crippen LogP contribution in [0.15, 0.2) is 54.6 Å². The highest BCUT2D eigenvalue weighted by molar-refractivity contribution is 5.96. The van der Waals surface area contributed by atoms with E-state index in [0.717, 1.165) is 24.0 Å². The van der Waals surface area contributed by atoms with Gasteiger partial charge in [-0.1, -0.05) is 67.9 Å². The van der Waals surface area contributed by atoms with E-state index in [1.807, 2.05) is 54.6 Å². The summed E-state index contributed by atoms with van der Waals surface area (Å²) in [6.45, 7) is 2.15. The lowest BCUT2D eigenvalue weighted by Crippen LogP contribution is -2.15. The molecule has 2 rings (SSSR count). The lowest BCUT2D eigenvalue weighted by molar-refractivity contribution is 0.0974. The molecule has 1 atom stereocenters. The normalized spacial score (nSPS) is 12.1. The quantitative estimate of drug-likeness (QED) is 0.806. The maximum Gasteiger partial charge on any atom is 0.164 e. The monoisotopic (exact) mass is 267 g/mol. The Kier molecular flexibility index (Phi) is 5.08. The first-order valence-electron chi connectivity index (χ1n) is 7.13. The molecule has 1 unspecified atom stereocenters. The number of hydrogen-bond donors (Lipinski definition) is 1. The lowest BCUT2D eigenvalue weighted by atomic mass is 9.97. The minimum Gasteiger partial charge on any atom is -0.324 e. The van der Waals surface area contributed by atoms with Crippen LogP contribution in [0.2, 0.25) is 0 Å². The Balaban J connectivity index is 2.01. The minimum atomic E-state index is -0.237. The summed E-state index contributed by atoms with van der Waals surface area (Å²) < 4.78 is 0. The van der Waals surface area contributed by atoms with Crippen LogP contribution in [-0.4, -0.2) is 5.78 Å². The Labute approximate surface area is 120 Å². The van der Waals surface area contributed by atoms with E-state index < -0.39 is 0 Å². The van der Waals surface area contributed by atoms with Crippen LogP contribution in [-0.2, 0) is 6.42 Å². The Morgan fingerprint density at radius 2 is 1.70 bits per heavy atom. The maximum atomic E-state index is 12.2. The second-order valence-electron chi connectivity index (χ2n) is 5.09. The zero-order valence-corrected chi connectivity index (χ0v) is 11.9. The second-order valence-corrected chi connectivity index (χ2v) is 5.09. The predicted octanol–water partition coefficient (Wildman–Crippen LogP) is 3.91. The van der Waals surface area contributed by atoms with Gasteiger partial charge >= 0.3 is 0 Å². The van der Waals surface area contributed by atoms with Gasteiger partial charge in [0.2, 0.25) is 0 Å². The molecule has 0 aliphatic carbocycles. The van der Waals surface area contributed by atoms with Crippen LogP contribution < -0.4 is 5.73 Å². The highest BCUT2D eigenvalue weighted by atomic mass is 16.1. The molecule has 2 aromatic rings. The van der Waals surface area contributed by atoms with Crippen LogP contribution in [0.1, 0.15) is 47.3 Å². The molecule has 2 nitrogen and oxygen atoms in total. The van der Waals surface area contributed by atoms with Gasteiger partial charge in [-0.3, -0.25) is 4.79 Å². The smallest absolute Gasteiger partial charge is 0.164 e. The molecule has 0 aliphatic rings. The number of aryl methyl sites for hydroxylation is 1. The number of rotatable bonds is 6. The molecular formula is C18H21NO. The van der Waals surface area contributed by atoms with Crippen molar-refractivity contribution in [2.45, 2.75) is 32.2 Å². The molecule has 0 heterocycles. The highest BCUT2D eigenvalue weighted by Crippen LogP contribution is 2.17. The third-order valence-electron chi connectivity index (χ3n) is 3.45. The van der Waals surface area contributed by atoms with Gasteiger partial charge in [0.1, 0.15) is 0 Å². The van der Waals surface area contributed by atoms with Crippen LogP contribution in [0.4, 0.5) is 0 Å². The van der Waals surface area contributed by atoms with Crippen molar-refractivity contribution in [3.05, 3.63) is 71.3 Å². The van der Waals surface area contributed by atoms with Crippen molar-refractivity contribution >= 4 is 5.78 Å². The average Bonchev–Trinajstić information content (AvgIpc) is 2.49. The average molecular weight is 267 g/mol. The number of carbonyl (C=O) groups excluding carboxylic acids is 1. The van der Waals surface area contributed by atoms with Crippen LogP contribution in [0.3, 0.4) is 0 Å². The molecule has 0 saturated heterocycles. The van der Waals surface area contributed by atoms with Gasteiger partial charge in [0.15, 0.2) is 5.78 Å². The van der Waals surface area contributed by atoms with Gasteiger partial charge in [-0.25, -0.2) is 0 Å². The Morgan fingerprint density at radius 1 is 1.05 bits per heavy atom. The topological polar surface area (TPSA) is 43.1 Å². The number of ketones is 1. The molecule has 0 aromatic heterocycles. The van der Waals surface area contributed by atoms with Crippen LogP contribution >= 0.6 is 0 Å². The second kappa shape index (κ2) is 7.01. The van der Waals surface area contributed by atoms with Crippen molar-refractivity contribution in [3.63, 3.8) is 0 Å². The summed E-state index contributed by atoms with van der Waals surface area (Å²) in [5.41, 5.74) is 9.11. The largest absolute Gasteiger partial charge is 0.324 e. The first-order chi connectivity index (χ1) is 9.70. The SMILES string of the molecule is CCCc1ccc(C(=O)CC(N)c2ccccc2)cc1. The zero-order chi connectivity index (χ0) is 14.4. The molecule has 2 heteroatoms. The predicted molar refractivity (Wildman–Crippen MR) is 82.8 cm³/mol. The Bertz CT molecular complexity index is 545. The summed E-state index contributed by atoms with van der Waals surface area (Å²) in [5.74, 6) is 0.101. The summed E-state index contributed by atoms with van der Waals surface area (Å²) in [7, 11) is 0. The molecule has 0 bridgehead atoms. The van der Waals surface area contributed by atoms with Crippen molar-refractivity contribution in [1.82, 2.24) is 0 Å². The van der Waals surface area contributed by atoms with Gasteiger partial charge in [-0.2, -0.15) is 0 Å². The number of hydrogen-bond acceptors (Lipinski definition) is 2. The molecule has 104 valence electrons.